The molecule has 1 amide bonds. The number of rotatable bonds is 4. The lowest BCUT2D eigenvalue weighted by molar-refractivity contribution is -0.137. The van der Waals surface area contributed by atoms with Crippen LogP contribution in [0.25, 0.3) is 11.4 Å². The number of hydrogen-bond donors (Lipinski definition) is 0. The first-order valence-corrected chi connectivity index (χ1v) is 10.8. The first kappa shape index (κ1) is 17.8. The maximum Gasteiger partial charge on any atom is 0.230 e. The van der Waals surface area contributed by atoms with Crippen molar-refractivity contribution >= 4 is 5.91 Å². The Labute approximate surface area is 165 Å². The van der Waals surface area contributed by atoms with Gasteiger partial charge in [0.05, 0.1) is 0 Å². The summed E-state index contributed by atoms with van der Waals surface area (Å²) >= 11 is 0. The SMILES string of the molecule is O=C(CC1CCCCC1)N1[C@@H]2CC[C@H]1CC(c1nc(-c3ccncc3)no1)C2. The van der Waals surface area contributed by atoms with E-state index in [2.05, 4.69) is 20.0 Å². The third-order valence-corrected chi connectivity index (χ3v) is 6.94. The van der Waals surface area contributed by atoms with Crippen molar-refractivity contribution in [2.45, 2.75) is 82.2 Å². The molecule has 0 spiro atoms. The van der Waals surface area contributed by atoms with Crippen LogP contribution in [0.1, 0.15) is 76.0 Å². The summed E-state index contributed by atoms with van der Waals surface area (Å²) in [4.78, 5) is 23.9. The highest BCUT2D eigenvalue weighted by atomic mass is 16.5. The van der Waals surface area contributed by atoms with Crippen molar-refractivity contribution in [2.75, 3.05) is 0 Å². The smallest absolute Gasteiger partial charge is 0.230 e. The summed E-state index contributed by atoms with van der Waals surface area (Å²) in [5, 5.41) is 4.17. The molecule has 1 unspecified atom stereocenters. The first-order valence-electron chi connectivity index (χ1n) is 10.8. The number of hydrogen-bond acceptors (Lipinski definition) is 5. The molecule has 6 heteroatoms. The second-order valence-corrected chi connectivity index (χ2v) is 8.75. The van der Waals surface area contributed by atoms with Crippen LogP contribution in [0.5, 0.6) is 0 Å². The molecule has 148 valence electrons. The van der Waals surface area contributed by atoms with E-state index in [0.717, 1.165) is 43.6 Å². The van der Waals surface area contributed by atoms with Crippen LogP contribution in [-0.2, 0) is 4.79 Å². The number of amides is 1. The molecule has 0 aromatic carbocycles. The van der Waals surface area contributed by atoms with Gasteiger partial charge in [0.25, 0.3) is 0 Å². The Morgan fingerprint density at radius 3 is 2.46 bits per heavy atom. The number of fused-ring (bicyclic) bond motifs is 2. The van der Waals surface area contributed by atoms with Crippen molar-refractivity contribution in [1.29, 1.82) is 0 Å². The number of carbonyl (C=O) groups excluding carboxylic acids is 1. The normalized spacial score (nSPS) is 27.9. The van der Waals surface area contributed by atoms with E-state index in [0.29, 0.717) is 29.7 Å². The first-order chi connectivity index (χ1) is 13.8. The minimum absolute atomic E-state index is 0.263. The summed E-state index contributed by atoms with van der Waals surface area (Å²) in [6.07, 6.45) is 14.8. The van der Waals surface area contributed by atoms with Gasteiger partial charge in [-0.25, -0.2) is 0 Å². The second-order valence-electron chi connectivity index (χ2n) is 8.75. The van der Waals surface area contributed by atoms with Crippen LogP contribution in [-0.4, -0.2) is 38.0 Å². The largest absolute Gasteiger partial charge is 0.339 e. The molecule has 2 aromatic rings. The average molecular weight is 380 g/mol. The van der Waals surface area contributed by atoms with Crippen molar-refractivity contribution in [3.05, 3.63) is 30.4 Å². The standard InChI is InChI=1S/C22H28N4O2/c27-20(12-15-4-2-1-3-5-15)26-18-6-7-19(26)14-17(13-18)22-24-21(25-28-22)16-8-10-23-11-9-16/h8-11,15,17-19H,1-7,12-14H2/t17?,18-,19+. The molecule has 2 aliphatic heterocycles. The highest BCUT2D eigenvalue weighted by Gasteiger charge is 2.45. The lowest BCUT2D eigenvalue weighted by Gasteiger charge is -2.38. The van der Waals surface area contributed by atoms with Gasteiger partial charge in [0.15, 0.2) is 0 Å². The van der Waals surface area contributed by atoms with E-state index in [9.17, 15) is 4.79 Å². The Balaban J connectivity index is 1.25. The van der Waals surface area contributed by atoms with Crippen molar-refractivity contribution in [3.63, 3.8) is 0 Å². The summed E-state index contributed by atoms with van der Waals surface area (Å²) in [6.45, 7) is 0. The van der Waals surface area contributed by atoms with Crippen molar-refractivity contribution in [3.8, 4) is 11.4 Å². The maximum absolute atomic E-state index is 13.0. The fourth-order valence-electron chi connectivity index (χ4n) is 5.55. The van der Waals surface area contributed by atoms with Gasteiger partial charge < -0.3 is 9.42 Å². The Hall–Kier alpha value is -2.24. The lowest BCUT2D eigenvalue weighted by atomic mass is 9.85. The van der Waals surface area contributed by atoms with E-state index >= 15 is 0 Å². The average Bonchev–Trinajstić information content (AvgIpc) is 3.32. The molecule has 0 radical (unpaired) electrons. The summed E-state index contributed by atoms with van der Waals surface area (Å²) in [6, 6.07) is 4.47. The summed E-state index contributed by atoms with van der Waals surface area (Å²) in [5.41, 5.74) is 0.924. The van der Waals surface area contributed by atoms with Gasteiger partial charge >= 0.3 is 0 Å². The zero-order chi connectivity index (χ0) is 18.9. The molecule has 0 N–H and O–H groups in total. The number of aromatic nitrogens is 3. The molecule has 3 atom stereocenters. The number of piperidine rings is 1. The van der Waals surface area contributed by atoms with E-state index < -0.39 is 0 Å². The lowest BCUT2D eigenvalue weighted by Crippen LogP contribution is -2.46. The Morgan fingerprint density at radius 1 is 1.04 bits per heavy atom. The number of carbonyl (C=O) groups is 1. The van der Waals surface area contributed by atoms with E-state index in [1.807, 2.05) is 12.1 Å². The number of nitrogens with zero attached hydrogens (tertiary/aromatic N) is 4. The van der Waals surface area contributed by atoms with Crippen LogP contribution in [0.3, 0.4) is 0 Å². The molecule has 2 bridgehead atoms. The minimum Gasteiger partial charge on any atom is -0.339 e. The molecule has 2 aromatic heterocycles. The second kappa shape index (κ2) is 7.64. The van der Waals surface area contributed by atoms with Gasteiger partial charge in [0.1, 0.15) is 0 Å². The van der Waals surface area contributed by atoms with Crippen LogP contribution < -0.4 is 0 Å². The summed E-state index contributed by atoms with van der Waals surface area (Å²) in [7, 11) is 0. The van der Waals surface area contributed by atoms with E-state index in [1.54, 1.807) is 12.4 Å². The van der Waals surface area contributed by atoms with Gasteiger partial charge in [-0.1, -0.05) is 24.4 Å². The molecule has 6 nitrogen and oxygen atoms in total. The Kier molecular flexibility index (Phi) is 4.87. The Morgan fingerprint density at radius 2 is 1.75 bits per heavy atom. The highest BCUT2D eigenvalue weighted by molar-refractivity contribution is 5.77. The molecule has 1 saturated carbocycles. The van der Waals surface area contributed by atoms with Crippen LogP contribution in [0.4, 0.5) is 0 Å². The van der Waals surface area contributed by atoms with Crippen LogP contribution in [0.15, 0.2) is 29.0 Å². The topological polar surface area (TPSA) is 72.1 Å². The zero-order valence-corrected chi connectivity index (χ0v) is 16.3. The summed E-state index contributed by atoms with van der Waals surface area (Å²) < 4.78 is 5.62. The third-order valence-electron chi connectivity index (χ3n) is 6.94. The van der Waals surface area contributed by atoms with Crippen LogP contribution >= 0.6 is 0 Å². The van der Waals surface area contributed by atoms with Gasteiger partial charge in [0.2, 0.25) is 17.6 Å². The van der Waals surface area contributed by atoms with E-state index in [4.69, 9.17) is 4.52 Å². The van der Waals surface area contributed by atoms with Crippen molar-refractivity contribution < 1.29 is 9.32 Å². The molecule has 2 saturated heterocycles. The van der Waals surface area contributed by atoms with Gasteiger partial charge in [-0.3, -0.25) is 9.78 Å². The predicted octanol–water partition coefficient (Wildman–Crippen LogP) is 4.34. The van der Waals surface area contributed by atoms with Gasteiger partial charge in [0, 0.05) is 42.4 Å². The van der Waals surface area contributed by atoms with Crippen LogP contribution in [0.2, 0.25) is 0 Å². The molecule has 4 heterocycles. The molecule has 5 rings (SSSR count). The predicted molar refractivity (Wildman–Crippen MR) is 104 cm³/mol. The summed E-state index contributed by atoms with van der Waals surface area (Å²) in [5.74, 6) is 2.61. The van der Waals surface area contributed by atoms with E-state index in [1.165, 1.54) is 32.1 Å². The van der Waals surface area contributed by atoms with Gasteiger partial charge in [-0.2, -0.15) is 4.98 Å². The fraction of sp³-hybridized carbons (Fsp3) is 0.636. The van der Waals surface area contributed by atoms with Crippen LogP contribution in [0, 0.1) is 5.92 Å². The molecule has 3 aliphatic rings. The maximum atomic E-state index is 13.0. The fourth-order valence-corrected chi connectivity index (χ4v) is 5.55. The monoisotopic (exact) mass is 380 g/mol. The van der Waals surface area contributed by atoms with E-state index in [-0.39, 0.29) is 5.92 Å². The molecular formula is C22H28N4O2. The Bertz CT molecular complexity index is 801. The van der Waals surface area contributed by atoms with Crippen molar-refractivity contribution in [2.24, 2.45) is 5.92 Å². The molecule has 3 fully saturated rings. The molecular weight excluding hydrogens is 352 g/mol. The van der Waals surface area contributed by atoms with Crippen molar-refractivity contribution in [1.82, 2.24) is 20.0 Å². The minimum atomic E-state index is 0.263. The van der Waals surface area contributed by atoms with Gasteiger partial charge in [-0.05, 0) is 56.6 Å². The number of pyridine rings is 1. The van der Waals surface area contributed by atoms with Gasteiger partial charge in [-0.15, -0.1) is 0 Å². The molecule has 28 heavy (non-hydrogen) atoms. The zero-order valence-electron chi connectivity index (χ0n) is 16.3. The molecule has 1 aliphatic carbocycles. The third kappa shape index (κ3) is 3.45. The highest BCUT2D eigenvalue weighted by Crippen LogP contribution is 2.43. The quantitative estimate of drug-likeness (QED) is 0.789.